The molecule has 0 saturated carbocycles. The molecule has 1 fully saturated rings. The molecule has 0 aromatic heterocycles. The van der Waals surface area contributed by atoms with Crippen LogP contribution in [-0.4, -0.2) is 36.2 Å². The lowest BCUT2D eigenvalue weighted by Crippen LogP contribution is -2.46. The van der Waals surface area contributed by atoms with Crippen LogP contribution in [-0.2, 0) is 4.74 Å². The number of nitrogens with zero attached hydrogens (tertiary/aromatic N) is 2. The van der Waals surface area contributed by atoms with Gasteiger partial charge in [0.15, 0.2) is 0 Å². The van der Waals surface area contributed by atoms with Crippen LogP contribution in [0.4, 0.5) is 0 Å². The van der Waals surface area contributed by atoms with Gasteiger partial charge in [-0.1, -0.05) is 0 Å². The molecule has 14 heavy (non-hydrogen) atoms. The van der Waals surface area contributed by atoms with Gasteiger partial charge >= 0.3 is 0 Å². The molecule has 80 valence electrons. The van der Waals surface area contributed by atoms with Gasteiger partial charge in [-0.3, -0.25) is 4.90 Å². The van der Waals surface area contributed by atoms with Gasteiger partial charge < -0.3 is 4.74 Å². The maximum atomic E-state index is 8.38. The van der Waals surface area contributed by atoms with E-state index < -0.39 is 0 Å². The van der Waals surface area contributed by atoms with Crippen molar-refractivity contribution in [2.24, 2.45) is 0 Å². The highest BCUT2D eigenvalue weighted by molar-refractivity contribution is 4.88. The molecule has 3 nitrogen and oxygen atoms in total. The van der Waals surface area contributed by atoms with Gasteiger partial charge in [-0.2, -0.15) is 5.26 Å². The molecule has 1 aliphatic heterocycles. The topological polar surface area (TPSA) is 36.3 Å². The van der Waals surface area contributed by atoms with E-state index in [4.69, 9.17) is 10.00 Å². The minimum Gasteiger partial charge on any atom is -0.365 e. The highest BCUT2D eigenvalue weighted by Gasteiger charge is 2.32. The van der Waals surface area contributed by atoms with Crippen molar-refractivity contribution >= 4 is 0 Å². The van der Waals surface area contributed by atoms with Crippen molar-refractivity contribution in [2.45, 2.75) is 45.2 Å². The largest absolute Gasteiger partial charge is 0.365 e. The van der Waals surface area contributed by atoms with Gasteiger partial charge in [-0.15, -0.1) is 0 Å². The molecule has 1 aliphatic rings. The van der Waals surface area contributed by atoms with Gasteiger partial charge in [0.2, 0.25) is 0 Å². The monoisotopic (exact) mass is 196 g/mol. The van der Waals surface area contributed by atoms with Crippen LogP contribution in [0.15, 0.2) is 0 Å². The first kappa shape index (κ1) is 11.5. The molecule has 1 atom stereocenters. The molecular formula is C11H20N2O. The molecule has 0 aliphatic carbocycles. The lowest BCUT2D eigenvalue weighted by atomic mass is 10.1. The second-order valence-electron chi connectivity index (χ2n) is 4.83. The standard InChI is InChI=1S/C11H20N2O/c1-11(2,3)13-7-4-5-10(13)9-14-8-6-12/h10H,4-5,7-9H2,1-3H3/t10-/m0/s1. The van der Waals surface area contributed by atoms with Crippen molar-refractivity contribution in [1.82, 2.24) is 4.90 Å². The third-order valence-electron chi connectivity index (χ3n) is 2.72. The molecule has 0 aromatic rings. The van der Waals surface area contributed by atoms with E-state index in [1.807, 2.05) is 6.07 Å². The zero-order valence-electron chi connectivity index (χ0n) is 9.42. The Labute approximate surface area is 86.6 Å². The van der Waals surface area contributed by atoms with Crippen LogP contribution in [0.5, 0.6) is 0 Å². The van der Waals surface area contributed by atoms with Crippen molar-refractivity contribution in [3.63, 3.8) is 0 Å². The minimum atomic E-state index is 0.217. The predicted molar refractivity (Wildman–Crippen MR) is 55.9 cm³/mol. The number of rotatable bonds is 3. The molecule has 0 radical (unpaired) electrons. The van der Waals surface area contributed by atoms with Gasteiger partial charge in [0, 0.05) is 11.6 Å². The Kier molecular flexibility index (Phi) is 3.91. The van der Waals surface area contributed by atoms with Gasteiger partial charge in [-0.05, 0) is 40.2 Å². The lowest BCUT2D eigenvalue weighted by Gasteiger charge is -2.36. The van der Waals surface area contributed by atoms with Gasteiger partial charge in [0.1, 0.15) is 6.61 Å². The predicted octanol–water partition coefficient (Wildman–Crippen LogP) is 1.79. The Morgan fingerprint density at radius 2 is 2.21 bits per heavy atom. The maximum absolute atomic E-state index is 8.38. The Bertz CT molecular complexity index is 214. The number of nitriles is 1. The molecular weight excluding hydrogens is 176 g/mol. The SMILES string of the molecule is CC(C)(C)N1CCC[C@H]1COCC#N. The highest BCUT2D eigenvalue weighted by atomic mass is 16.5. The molecule has 0 bridgehead atoms. The van der Waals surface area contributed by atoms with Crippen molar-refractivity contribution in [1.29, 1.82) is 5.26 Å². The van der Waals surface area contributed by atoms with E-state index in [1.165, 1.54) is 12.8 Å². The van der Waals surface area contributed by atoms with E-state index in [1.54, 1.807) is 0 Å². The third kappa shape index (κ3) is 2.97. The average molecular weight is 196 g/mol. The number of hydrogen-bond donors (Lipinski definition) is 0. The molecule has 0 spiro atoms. The summed E-state index contributed by atoms with van der Waals surface area (Å²) in [4.78, 5) is 2.48. The summed E-state index contributed by atoms with van der Waals surface area (Å²) in [6.07, 6.45) is 2.44. The van der Waals surface area contributed by atoms with Crippen molar-refractivity contribution in [2.75, 3.05) is 19.8 Å². The first-order valence-electron chi connectivity index (χ1n) is 5.27. The maximum Gasteiger partial charge on any atom is 0.133 e. The number of hydrogen-bond acceptors (Lipinski definition) is 3. The van der Waals surface area contributed by atoms with Crippen LogP contribution in [0.3, 0.4) is 0 Å². The second kappa shape index (κ2) is 4.77. The van der Waals surface area contributed by atoms with Crippen molar-refractivity contribution < 1.29 is 4.74 Å². The molecule has 1 rings (SSSR count). The summed E-state index contributed by atoms with van der Waals surface area (Å²) in [6.45, 7) is 8.77. The summed E-state index contributed by atoms with van der Waals surface area (Å²) < 4.78 is 5.29. The van der Waals surface area contributed by atoms with Crippen LogP contribution in [0.2, 0.25) is 0 Å². The smallest absolute Gasteiger partial charge is 0.133 e. The zero-order chi connectivity index (χ0) is 10.6. The Hall–Kier alpha value is -0.590. The van der Waals surface area contributed by atoms with E-state index in [0.717, 1.165) is 6.54 Å². The van der Waals surface area contributed by atoms with Crippen LogP contribution in [0, 0.1) is 11.3 Å². The molecule has 0 unspecified atom stereocenters. The number of likely N-dealkylation sites (tertiary alicyclic amines) is 1. The van der Waals surface area contributed by atoms with Gasteiger partial charge in [-0.25, -0.2) is 0 Å². The third-order valence-corrected chi connectivity index (χ3v) is 2.72. The van der Waals surface area contributed by atoms with Gasteiger partial charge in [0.05, 0.1) is 12.7 Å². The summed E-state index contributed by atoms with van der Waals surface area (Å²) >= 11 is 0. The van der Waals surface area contributed by atoms with Crippen molar-refractivity contribution in [3.8, 4) is 6.07 Å². The molecule has 0 N–H and O–H groups in total. The van der Waals surface area contributed by atoms with Crippen LogP contribution in [0.25, 0.3) is 0 Å². The summed E-state index contributed by atoms with van der Waals surface area (Å²) in [5, 5.41) is 8.38. The molecule has 1 heterocycles. The quantitative estimate of drug-likeness (QED) is 0.646. The Morgan fingerprint density at radius 3 is 2.79 bits per heavy atom. The fraction of sp³-hybridized carbons (Fsp3) is 0.909. The molecule has 3 heteroatoms. The van der Waals surface area contributed by atoms with E-state index >= 15 is 0 Å². The van der Waals surface area contributed by atoms with E-state index in [9.17, 15) is 0 Å². The first-order valence-corrected chi connectivity index (χ1v) is 5.27. The second-order valence-corrected chi connectivity index (χ2v) is 4.83. The summed E-state index contributed by atoms with van der Waals surface area (Å²) in [7, 11) is 0. The minimum absolute atomic E-state index is 0.217. The lowest BCUT2D eigenvalue weighted by molar-refractivity contribution is 0.0501. The fourth-order valence-corrected chi connectivity index (χ4v) is 2.13. The van der Waals surface area contributed by atoms with Crippen molar-refractivity contribution in [3.05, 3.63) is 0 Å². The summed E-state index contributed by atoms with van der Waals surface area (Å²) in [5.74, 6) is 0. The zero-order valence-corrected chi connectivity index (χ0v) is 9.42. The number of ether oxygens (including phenoxy) is 1. The summed E-state index contributed by atoms with van der Waals surface area (Å²) in [6, 6.07) is 2.51. The van der Waals surface area contributed by atoms with E-state index in [-0.39, 0.29) is 12.1 Å². The van der Waals surface area contributed by atoms with E-state index in [2.05, 4.69) is 25.7 Å². The average Bonchev–Trinajstić information content (AvgIpc) is 2.52. The fourth-order valence-electron chi connectivity index (χ4n) is 2.13. The van der Waals surface area contributed by atoms with Crippen LogP contribution < -0.4 is 0 Å². The Balaban J connectivity index is 2.40. The van der Waals surface area contributed by atoms with Gasteiger partial charge in [0.25, 0.3) is 0 Å². The van der Waals surface area contributed by atoms with Crippen LogP contribution >= 0.6 is 0 Å². The first-order chi connectivity index (χ1) is 6.55. The van der Waals surface area contributed by atoms with E-state index in [0.29, 0.717) is 12.6 Å². The summed E-state index contributed by atoms with van der Waals surface area (Å²) in [5.41, 5.74) is 0.219. The molecule has 0 amide bonds. The molecule has 0 aromatic carbocycles. The molecule has 1 saturated heterocycles. The normalized spacial score (nSPS) is 23.7. The van der Waals surface area contributed by atoms with Crippen LogP contribution in [0.1, 0.15) is 33.6 Å². The highest BCUT2D eigenvalue weighted by Crippen LogP contribution is 2.26. The Morgan fingerprint density at radius 1 is 1.50 bits per heavy atom.